The number of allylic oxidation sites excluding steroid dienone is 1. The zero-order valence-electron chi connectivity index (χ0n) is 28.8. The molecule has 5 saturated carbocycles. The summed E-state index contributed by atoms with van der Waals surface area (Å²) in [7, 11) is 0. The van der Waals surface area contributed by atoms with Crippen molar-refractivity contribution >= 4 is 12.6 Å². The third-order valence-electron chi connectivity index (χ3n) is 14.9. The van der Waals surface area contributed by atoms with Crippen LogP contribution in [0.1, 0.15) is 107 Å². The van der Waals surface area contributed by atoms with Gasteiger partial charge >= 0.3 is 0 Å². The van der Waals surface area contributed by atoms with E-state index in [2.05, 4.69) is 41.2 Å². The quantitative estimate of drug-likeness (QED) is 0.182. The number of rotatable bonds is 10. The van der Waals surface area contributed by atoms with E-state index in [1.54, 1.807) is 20.8 Å². The van der Waals surface area contributed by atoms with Gasteiger partial charge in [-0.15, -0.1) is 0 Å². The third kappa shape index (κ3) is 4.54. The number of aliphatic hydroxyl groups is 2. The first-order chi connectivity index (χ1) is 20.9. The summed E-state index contributed by atoms with van der Waals surface area (Å²) in [5, 5.41) is 23.6. The van der Waals surface area contributed by atoms with E-state index in [1.807, 2.05) is 0 Å². The molecule has 0 aromatic rings. The Labute approximate surface area is 270 Å². The Morgan fingerprint density at radius 3 is 2.36 bits per heavy atom. The zero-order valence-corrected chi connectivity index (χ0v) is 28.8. The van der Waals surface area contributed by atoms with Gasteiger partial charge in [-0.1, -0.05) is 41.2 Å². The fraction of sp³-hybridized carbons (Fsp3) is 0.892. The van der Waals surface area contributed by atoms with E-state index in [0.717, 1.165) is 38.5 Å². The monoisotopic (exact) mass is 630 g/mol. The van der Waals surface area contributed by atoms with E-state index in [1.165, 1.54) is 12.8 Å². The maximum Gasteiger partial charge on any atom is 0.215 e. The van der Waals surface area contributed by atoms with Crippen LogP contribution in [0.5, 0.6) is 0 Å². The number of carbonyl (C=O) groups is 2. The standard InChI is InChI=1S/C37H58O8/c1-21(2)43-31(33(6,7)41)23-18-22(3)28-29(44-23)30(40)35(9)25-11-10-24-32(4,5)26(45-27(19-39)42-17-16-38)12-13-36(24)20-37(25,36)15-14-34(28,35)8/h16,19,22-31,40-41H,1,10-15,17-18,20H2,2-9H3. The molecule has 6 rings (SSSR count). The van der Waals surface area contributed by atoms with Crippen LogP contribution in [0.2, 0.25) is 0 Å². The number of ether oxygens (including phenoxy) is 4. The average molecular weight is 631 g/mol. The van der Waals surface area contributed by atoms with Gasteiger partial charge in [-0.3, -0.25) is 4.79 Å². The molecule has 8 heteroatoms. The molecule has 6 aliphatic rings. The summed E-state index contributed by atoms with van der Waals surface area (Å²) < 4.78 is 24.6. The summed E-state index contributed by atoms with van der Waals surface area (Å²) in [5.74, 6) is 1.96. The van der Waals surface area contributed by atoms with Gasteiger partial charge in [0, 0.05) is 5.41 Å². The first kappa shape index (κ1) is 33.6. The highest BCUT2D eigenvalue weighted by atomic mass is 16.7. The predicted molar refractivity (Wildman–Crippen MR) is 169 cm³/mol. The van der Waals surface area contributed by atoms with Crippen LogP contribution >= 0.6 is 0 Å². The van der Waals surface area contributed by atoms with Crippen molar-refractivity contribution < 1.29 is 38.7 Å². The summed E-state index contributed by atoms with van der Waals surface area (Å²) in [6.07, 6.45) is 6.64. The van der Waals surface area contributed by atoms with Crippen LogP contribution in [0.3, 0.4) is 0 Å². The molecule has 1 saturated heterocycles. The van der Waals surface area contributed by atoms with Crippen molar-refractivity contribution in [1.29, 1.82) is 0 Å². The van der Waals surface area contributed by atoms with Crippen molar-refractivity contribution in [2.75, 3.05) is 6.61 Å². The molecule has 14 unspecified atom stereocenters. The lowest BCUT2D eigenvalue weighted by Gasteiger charge is -2.63. The fourth-order valence-corrected chi connectivity index (χ4v) is 13.0. The molecule has 0 bridgehead atoms. The number of fused-ring (bicyclic) bond motifs is 4. The lowest BCUT2D eigenvalue weighted by Crippen LogP contribution is -2.60. The van der Waals surface area contributed by atoms with E-state index in [-0.39, 0.29) is 57.9 Å². The van der Waals surface area contributed by atoms with Gasteiger partial charge in [-0.2, -0.15) is 0 Å². The van der Waals surface area contributed by atoms with Crippen molar-refractivity contribution in [1.82, 2.24) is 0 Å². The highest BCUT2D eigenvalue weighted by Crippen LogP contribution is 2.89. The van der Waals surface area contributed by atoms with Gasteiger partial charge < -0.3 is 34.0 Å². The second kappa shape index (κ2) is 10.8. The van der Waals surface area contributed by atoms with Crippen LogP contribution in [0.4, 0.5) is 0 Å². The molecule has 0 aromatic carbocycles. The molecule has 0 aromatic heterocycles. The molecule has 2 spiro atoms. The van der Waals surface area contributed by atoms with Crippen LogP contribution in [-0.2, 0) is 28.5 Å². The van der Waals surface area contributed by atoms with Crippen molar-refractivity contribution in [3.63, 3.8) is 0 Å². The molecular formula is C37H58O8. The summed E-state index contributed by atoms with van der Waals surface area (Å²) in [6.45, 7) is 20.9. The van der Waals surface area contributed by atoms with Gasteiger partial charge in [0.25, 0.3) is 0 Å². The molecule has 8 nitrogen and oxygen atoms in total. The van der Waals surface area contributed by atoms with E-state index >= 15 is 0 Å². The molecule has 0 radical (unpaired) electrons. The van der Waals surface area contributed by atoms with Crippen molar-refractivity contribution in [2.24, 2.45) is 50.7 Å². The average Bonchev–Trinajstić information content (AvgIpc) is 3.59. The molecule has 45 heavy (non-hydrogen) atoms. The van der Waals surface area contributed by atoms with Gasteiger partial charge in [0.15, 0.2) is 12.4 Å². The number of carbonyl (C=O) groups excluding carboxylic acids is 2. The van der Waals surface area contributed by atoms with Crippen molar-refractivity contribution in [3.8, 4) is 0 Å². The van der Waals surface area contributed by atoms with Gasteiger partial charge in [0.05, 0.1) is 35.8 Å². The molecule has 1 heterocycles. The Kier molecular flexibility index (Phi) is 8.09. The lowest BCUT2D eigenvalue weighted by atomic mass is 9.41. The Morgan fingerprint density at radius 1 is 1.07 bits per heavy atom. The van der Waals surface area contributed by atoms with Crippen LogP contribution < -0.4 is 0 Å². The van der Waals surface area contributed by atoms with Gasteiger partial charge in [-0.25, -0.2) is 0 Å². The first-order valence-electron chi connectivity index (χ1n) is 17.5. The van der Waals surface area contributed by atoms with Gasteiger partial charge in [-0.05, 0) is 117 Å². The number of aliphatic hydroxyl groups excluding tert-OH is 1. The lowest BCUT2D eigenvalue weighted by molar-refractivity contribution is -0.224. The molecule has 0 amide bonds. The number of hydrogen-bond donors (Lipinski definition) is 2. The molecular weight excluding hydrogens is 572 g/mol. The molecule has 2 N–H and O–H groups in total. The molecule has 254 valence electrons. The summed E-state index contributed by atoms with van der Waals surface area (Å²) in [5.41, 5.74) is -1.21. The third-order valence-corrected chi connectivity index (χ3v) is 14.9. The van der Waals surface area contributed by atoms with E-state index in [4.69, 9.17) is 18.9 Å². The Bertz CT molecular complexity index is 1190. The summed E-state index contributed by atoms with van der Waals surface area (Å²) >= 11 is 0. The molecule has 14 atom stereocenters. The molecule has 6 fully saturated rings. The van der Waals surface area contributed by atoms with Crippen LogP contribution in [0.25, 0.3) is 0 Å². The van der Waals surface area contributed by atoms with Gasteiger partial charge in [0.2, 0.25) is 6.29 Å². The Balaban J connectivity index is 1.27. The molecule has 1 aliphatic heterocycles. The maximum absolute atomic E-state index is 12.5. The van der Waals surface area contributed by atoms with E-state index in [0.29, 0.717) is 36.1 Å². The summed E-state index contributed by atoms with van der Waals surface area (Å²) in [6, 6.07) is 0. The molecule has 5 aliphatic carbocycles. The van der Waals surface area contributed by atoms with Crippen LogP contribution in [0, 0.1) is 50.7 Å². The van der Waals surface area contributed by atoms with Gasteiger partial charge in [0.1, 0.15) is 12.9 Å². The minimum atomic E-state index is -1.12. The highest BCUT2D eigenvalue weighted by molar-refractivity contribution is 5.55. The second-order valence-electron chi connectivity index (χ2n) is 17.6. The largest absolute Gasteiger partial charge is 0.490 e. The second-order valence-corrected chi connectivity index (χ2v) is 17.6. The SMILES string of the molecule is C=C(C)OC(C1CC(C)C2C(O1)C(O)C1(C)C3CCC4C(C)(C)C(OC(C=O)OCC=O)CCC45CC35CCC21C)C(C)(C)O. The zero-order chi connectivity index (χ0) is 33.0. The minimum Gasteiger partial charge on any atom is -0.490 e. The fourth-order valence-electron chi connectivity index (χ4n) is 13.0. The smallest absolute Gasteiger partial charge is 0.215 e. The highest BCUT2D eigenvalue weighted by Gasteiger charge is 2.84. The first-order valence-corrected chi connectivity index (χ1v) is 17.5. The van der Waals surface area contributed by atoms with Crippen molar-refractivity contribution in [3.05, 3.63) is 12.3 Å². The van der Waals surface area contributed by atoms with E-state index < -0.39 is 24.1 Å². The van der Waals surface area contributed by atoms with Crippen LogP contribution in [0.15, 0.2) is 12.3 Å². The summed E-state index contributed by atoms with van der Waals surface area (Å²) in [4.78, 5) is 22.5. The topological polar surface area (TPSA) is 112 Å². The van der Waals surface area contributed by atoms with Crippen LogP contribution in [-0.4, -0.2) is 71.8 Å². The maximum atomic E-state index is 12.5. The van der Waals surface area contributed by atoms with E-state index in [9.17, 15) is 19.8 Å². The minimum absolute atomic E-state index is 0.0592. The predicted octanol–water partition coefficient (Wildman–Crippen LogP) is 5.62. The van der Waals surface area contributed by atoms with Crippen molar-refractivity contribution in [2.45, 2.75) is 149 Å². The number of aldehydes is 2. The normalized spacial score (nSPS) is 49.2. The Morgan fingerprint density at radius 2 is 1.73 bits per heavy atom. The Hall–Kier alpha value is -1.32. The number of hydrogen-bond acceptors (Lipinski definition) is 8.